The number of rotatable bonds is 0. The minimum atomic E-state index is 0.463. The molecule has 0 radical (unpaired) electrons. The average Bonchev–Trinajstić information content (AvgIpc) is 4.36. The highest BCUT2D eigenvalue weighted by atomic mass is 32.1. The number of H-pyrrole nitrogens is 5. The van der Waals surface area contributed by atoms with E-state index in [0.717, 1.165) is 33.1 Å². The first kappa shape index (κ1) is 97.5. The van der Waals surface area contributed by atoms with Gasteiger partial charge in [-0.15, -0.1) is 31.7 Å². The summed E-state index contributed by atoms with van der Waals surface area (Å²) in [6.07, 6.45) is 21.0. The number of hydrogen-bond donors (Lipinski definition) is 5. The first-order valence-corrected chi connectivity index (χ1v) is 31.8. The monoisotopic (exact) mass is 1260 g/mol. The van der Waals surface area contributed by atoms with Crippen LogP contribution in [0.4, 0.5) is 0 Å². The molecule has 0 atom stereocenters. The lowest BCUT2D eigenvalue weighted by atomic mass is 10.2. The van der Waals surface area contributed by atoms with Crippen molar-refractivity contribution < 1.29 is 4.42 Å². The molecule has 490 valence electrons. The van der Waals surface area contributed by atoms with E-state index in [1.54, 1.807) is 73.3 Å². The number of aromatic nitrogens is 20. The van der Waals surface area contributed by atoms with Gasteiger partial charge in [-0.2, -0.15) is 40.8 Å². The highest BCUT2D eigenvalue weighted by Crippen LogP contribution is 2.04. The van der Waals surface area contributed by atoms with E-state index >= 15 is 0 Å². The summed E-state index contributed by atoms with van der Waals surface area (Å²) in [7, 11) is 1.89. The summed E-state index contributed by atoms with van der Waals surface area (Å²) in [4.78, 5) is 8.77. The SMILES string of the molecule is CC.CC.CC.CC.CC.CC.CC.CC.CC.CC1C=NN=C1.Cc1ccn[nH]1.Cc1ccn[nH]1.Cc1ccns1.Cc1cn[nH]c1.Cc1cnsc1.Cc1ncn[nH]1.Cc1ncn[nH]1.Cc1nnc(C)o1.Cc1nnc(C)s1.Cn1cccn1. The molecule has 0 saturated heterocycles. The summed E-state index contributed by atoms with van der Waals surface area (Å²) < 4.78 is 14.3. The van der Waals surface area contributed by atoms with Gasteiger partial charge in [0.15, 0.2) is 0 Å². The lowest BCUT2D eigenvalue weighted by Gasteiger charge is -1.78. The number of aryl methyl sites for hydroxylation is 12. The van der Waals surface area contributed by atoms with Crippen LogP contribution < -0.4 is 0 Å². The van der Waals surface area contributed by atoms with E-state index in [1.165, 1.54) is 51.7 Å². The highest BCUT2D eigenvalue weighted by Gasteiger charge is 1.94. The maximum atomic E-state index is 4.86. The Balaban J connectivity index is -0.000000106. The van der Waals surface area contributed by atoms with Crippen molar-refractivity contribution in [2.75, 3.05) is 0 Å². The van der Waals surface area contributed by atoms with Gasteiger partial charge in [0.2, 0.25) is 11.8 Å². The van der Waals surface area contributed by atoms with Gasteiger partial charge in [0, 0.05) is 104 Å². The smallest absolute Gasteiger partial charge is 0.213 e. The maximum Gasteiger partial charge on any atom is 0.213 e. The van der Waals surface area contributed by atoms with Crippen molar-refractivity contribution in [1.29, 1.82) is 0 Å². The Labute approximate surface area is 532 Å². The number of nitrogens with one attached hydrogen (secondary N) is 5. The molecular weight excluding hydrogens is 1140 g/mol. The van der Waals surface area contributed by atoms with Crippen LogP contribution in [-0.2, 0) is 7.05 Å². The molecule has 86 heavy (non-hydrogen) atoms. The van der Waals surface area contributed by atoms with Crippen LogP contribution in [0.25, 0.3) is 0 Å². The second kappa shape index (κ2) is 83.9. The van der Waals surface area contributed by atoms with Crippen molar-refractivity contribution in [2.24, 2.45) is 23.2 Å². The summed E-state index contributed by atoms with van der Waals surface area (Å²) in [6, 6.07) is 7.71. The van der Waals surface area contributed by atoms with Gasteiger partial charge >= 0.3 is 0 Å². The summed E-state index contributed by atoms with van der Waals surface area (Å²) in [5, 5.41) is 61.6. The molecule has 26 heteroatoms. The van der Waals surface area contributed by atoms with Crippen LogP contribution in [-0.4, -0.2) is 112 Å². The third-order valence-corrected chi connectivity index (χ3v) is 8.78. The molecular formula is C60H116N22OS3. The van der Waals surface area contributed by atoms with E-state index in [-0.39, 0.29) is 0 Å². The fourth-order valence-electron chi connectivity index (χ4n) is 3.50. The molecule has 1 aliphatic rings. The molecule has 1 aliphatic heterocycles. The summed E-state index contributed by atoms with van der Waals surface area (Å²) in [5.74, 6) is 3.42. The normalized spacial score (nSPS) is 8.50. The van der Waals surface area contributed by atoms with E-state index in [1.807, 2.05) is 249 Å². The molecule has 0 amide bonds. The molecule has 0 spiro atoms. The van der Waals surface area contributed by atoms with Crippen LogP contribution in [0.3, 0.4) is 0 Å². The minimum Gasteiger partial charge on any atom is -0.426 e. The molecule has 0 aliphatic carbocycles. The third-order valence-electron chi connectivity index (χ3n) is 6.67. The summed E-state index contributed by atoms with van der Waals surface area (Å²) >= 11 is 4.64. The zero-order valence-electron chi connectivity index (χ0n) is 58.6. The van der Waals surface area contributed by atoms with Crippen LogP contribution in [0.2, 0.25) is 0 Å². The molecule has 0 fully saturated rings. The molecule has 11 heterocycles. The molecule has 0 saturated carbocycles. The lowest BCUT2D eigenvalue weighted by Crippen LogP contribution is -1.88. The Morgan fingerprint density at radius 3 is 1.05 bits per heavy atom. The lowest BCUT2D eigenvalue weighted by molar-refractivity contribution is 0.489. The fraction of sp³-hybridized carbons (Fsp3) is 0.533. The Morgan fingerprint density at radius 1 is 0.488 bits per heavy atom. The van der Waals surface area contributed by atoms with Crippen LogP contribution in [0.5, 0.6) is 0 Å². The van der Waals surface area contributed by atoms with Gasteiger partial charge in [-0.1, -0.05) is 132 Å². The molecule has 10 aromatic rings. The zero-order chi connectivity index (χ0) is 68.2. The summed E-state index contributed by atoms with van der Waals surface area (Å²) in [6.45, 7) is 59.2. The predicted octanol–water partition coefficient (Wildman–Crippen LogP) is 17.5. The van der Waals surface area contributed by atoms with Gasteiger partial charge in [0.25, 0.3) is 0 Å². The van der Waals surface area contributed by atoms with E-state index in [2.05, 4.69) is 105 Å². The zero-order valence-corrected chi connectivity index (χ0v) is 61.1. The molecule has 5 N–H and O–H groups in total. The second-order valence-corrected chi connectivity index (χ2v) is 16.6. The van der Waals surface area contributed by atoms with Gasteiger partial charge < -0.3 is 4.42 Å². The Bertz CT molecular complexity index is 2080. The van der Waals surface area contributed by atoms with Crippen LogP contribution in [0, 0.1) is 82.1 Å². The molecule has 0 bridgehead atoms. The first-order chi connectivity index (χ1) is 41.6. The number of aromatic amines is 5. The van der Waals surface area contributed by atoms with Gasteiger partial charge in [0.1, 0.15) is 34.3 Å². The molecule has 11 rings (SSSR count). The molecule has 23 nitrogen and oxygen atoms in total. The van der Waals surface area contributed by atoms with Gasteiger partial charge in [0.05, 0.1) is 6.20 Å². The second-order valence-electron chi connectivity index (χ2n) is 13.5. The van der Waals surface area contributed by atoms with E-state index in [0.29, 0.717) is 17.7 Å². The molecule has 0 unspecified atom stereocenters. The topological polar surface area (TPSA) is 302 Å². The number of nitrogens with zero attached hydrogens (tertiary/aromatic N) is 17. The van der Waals surface area contributed by atoms with Crippen LogP contribution in [0.1, 0.15) is 192 Å². The Kier molecular flexibility index (Phi) is 95.1. The molecule has 0 aromatic carbocycles. The van der Waals surface area contributed by atoms with Crippen LogP contribution in [0.15, 0.2) is 106 Å². The Morgan fingerprint density at radius 2 is 0.942 bits per heavy atom. The van der Waals surface area contributed by atoms with E-state index in [9.17, 15) is 0 Å². The maximum absolute atomic E-state index is 4.86. The quantitative estimate of drug-likeness (QED) is 0.0943. The van der Waals surface area contributed by atoms with Gasteiger partial charge in [-0.05, 0) is 121 Å². The number of hydrogen-bond acceptors (Lipinski definition) is 20. The van der Waals surface area contributed by atoms with Crippen molar-refractivity contribution in [3.63, 3.8) is 0 Å². The third kappa shape index (κ3) is 80.6. The largest absolute Gasteiger partial charge is 0.426 e. The Hall–Kier alpha value is -7.58. The minimum absolute atomic E-state index is 0.463. The average molecular weight is 1260 g/mol. The van der Waals surface area contributed by atoms with Crippen molar-refractivity contribution in [1.82, 2.24) is 99.9 Å². The first-order valence-electron chi connectivity index (χ1n) is 29.4. The fourth-order valence-corrected chi connectivity index (χ4v) is 5.01. The van der Waals surface area contributed by atoms with Crippen molar-refractivity contribution in [2.45, 2.75) is 208 Å². The van der Waals surface area contributed by atoms with Crippen molar-refractivity contribution >= 4 is 46.8 Å². The highest BCUT2D eigenvalue weighted by molar-refractivity contribution is 7.11. The van der Waals surface area contributed by atoms with Gasteiger partial charge in [-0.3, -0.25) is 30.2 Å². The van der Waals surface area contributed by atoms with Gasteiger partial charge in [-0.25, -0.2) is 18.7 Å². The van der Waals surface area contributed by atoms with Crippen molar-refractivity contribution in [3.05, 3.63) is 153 Å². The van der Waals surface area contributed by atoms with Crippen LogP contribution >= 0.6 is 34.4 Å². The van der Waals surface area contributed by atoms with Crippen molar-refractivity contribution in [3.8, 4) is 0 Å². The standard InChI is InChI=1S/C4H6N2O.C4H6N2S.5C4H6N2.2C4H5NS.2C3H5N3.9C2H6/c2*1-3-5-6-4(2)7-3;2*1-4-2-5-6-3-4;1-6-4-2-3-5-6;2*1-4-2-3-5-6-4;1-4-2-5-6-3-4;1-4-2-3-5-6-4;2*1-3-4-2-5-6-3;9*1-2/h2*1-2H3;2-3H,1H3,(H,5,6);2*2-4H,1H3;2*2-3H,1H3,(H,5,6);2*2-3H,1H3;2*2H,1H3,(H,4,5,6);9*1-2H3. The summed E-state index contributed by atoms with van der Waals surface area (Å²) in [5.41, 5.74) is 4.64. The predicted molar refractivity (Wildman–Crippen MR) is 371 cm³/mol. The molecule has 10 aromatic heterocycles. The van der Waals surface area contributed by atoms with E-state index < -0.39 is 0 Å². The van der Waals surface area contributed by atoms with E-state index in [4.69, 9.17) is 4.42 Å².